The Hall–Kier alpha value is -1.26. The molecule has 5 heteroatoms. The molecule has 0 aliphatic heterocycles. The molecule has 2 amide bonds. The van der Waals surface area contributed by atoms with Gasteiger partial charge in [-0.15, -0.1) is 0 Å². The zero-order valence-electron chi connectivity index (χ0n) is 11.7. The Morgan fingerprint density at radius 2 is 1.78 bits per heavy atom. The average Bonchev–Trinajstić information content (AvgIpc) is 2.35. The fourth-order valence-electron chi connectivity index (χ4n) is 1.61. The minimum Gasteiger partial charge on any atom is -0.481 e. The van der Waals surface area contributed by atoms with E-state index in [1.165, 1.54) is 0 Å². The van der Waals surface area contributed by atoms with Crippen LogP contribution in [0.5, 0.6) is 0 Å². The van der Waals surface area contributed by atoms with Crippen LogP contribution in [-0.2, 0) is 4.79 Å². The van der Waals surface area contributed by atoms with Crippen molar-refractivity contribution in [1.29, 1.82) is 0 Å². The van der Waals surface area contributed by atoms with Crippen LogP contribution in [0.3, 0.4) is 0 Å². The Morgan fingerprint density at radius 3 is 2.28 bits per heavy atom. The third kappa shape index (κ3) is 7.92. The van der Waals surface area contributed by atoms with Crippen LogP contribution in [0.25, 0.3) is 0 Å². The lowest BCUT2D eigenvalue weighted by Crippen LogP contribution is -2.38. The lowest BCUT2D eigenvalue weighted by Gasteiger charge is -2.14. The van der Waals surface area contributed by atoms with Crippen LogP contribution >= 0.6 is 0 Å². The Labute approximate surface area is 109 Å². The highest BCUT2D eigenvalue weighted by atomic mass is 16.4. The Morgan fingerprint density at radius 1 is 1.17 bits per heavy atom. The van der Waals surface area contributed by atoms with E-state index in [0.717, 1.165) is 12.8 Å². The fourth-order valence-corrected chi connectivity index (χ4v) is 1.61. The lowest BCUT2D eigenvalue weighted by atomic mass is 10.0. The number of rotatable bonds is 9. The number of hydrogen-bond donors (Lipinski definition) is 3. The number of carbonyl (C=O) groups excluding carboxylic acids is 1. The summed E-state index contributed by atoms with van der Waals surface area (Å²) in [6.07, 6.45) is 3.40. The van der Waals surface area contributed by atoms with Crippen molar-refractivity contribution in [2.75, 3.05) is 13.1 Å². The van der Waals surface area contributed by atoms with E-state index in [1.54, 1.807) is 6.92 Å². The topological polar surface area (TPSA) is 78.4 Å². The number of carbonyl (C=O) groups is 2. The first-order chi connectivity index (χ1) is 8.51. The lowest BCUT2D eigenvalue weighted by molar-refractivity contribution is -0.141. The molecule has 0 bridgehead atoms. The highest BCUT2D eigenvalue weighted by Crippen LogP contribution is 2.05. The molecule has 0 saturated heterocycles. The maximum absolute atomic E-state index is 11.4. The molecule has 0 aliphatic carbocycles. The number of carboxylic acids is 1. The van der Waals surface area contributed by atoms with Crippen molar-refractivity contribution in [2.24, 2.45) is 11.8 Å². The van der Waals surface area contributed by atoms with Crippen LogP contribution in [0.4, 0.5) is 4.79 Å². The molecule has 0 rings (SSSR count). The first kappa shape index (κ1) is 16.7. The van der Waals surface area contributed by atoms with Crippen molar-refractivity contribution in [3.63, 3.8) is 0 Å². The molecule has 0 spiro atoms. The fraction of sp³-hybridized carbons (Fsp3) is 0.846. The standard InChI is InChI=1S/C13H26N2O3/c1-4-11(5-2)9-15-13(18)14-8-6-7-10(3)12(16)17/h10-11H,4-9H2,1-3H3,(H,16,17)(H2,14,15,18). The number of urea groups is 1. The number of nitrogens with one attached hydrogen (secondary N) is 2. The van der Waals surface area contributed by atoms with Crippen molar-refractivity contribution in [1.82, 2.24) is 10.6 Å². The predicted octanol–water partition coefficient (Wildman–Crippen LogP) is 2.22. The van der Waals surface area contributed by atoms with Crippen LogP contribution in [0.15, 0.2) is 0 Å². The van der Waals surface area contributed by atoms with Crippen molar-refractivity contribution in [3.8, 4) is 0 Å². The zero-order chi connectivity index (χ0) is 14.0. The van der Waals surface area contributed by atoms with Gasteiger partial charge < -0.3 is 15.7 Å². The van der Waals surface area contributed by atoms with Crippen LogP contribution in [0, 0.1) is 11.8 Å². The summed E-state index contributed by atoms with van der Waals surface area (Å²) in [6, 6.07) is -0.162. The number of amides is 2. The quantitative estimate of drug-likeness (QED) is 0.555. The molecule has 0 saturated carbocycles. The van der Waals surface area contributed by atoms with E-state index in [-0.39, 0.29) is 11.9 Å². The molecule has 5 nitrogen and oxygen atoms in total. The molecule has 106 valence electrons. The van der Waals surface area contributed by atoms with Gasteiger partial charge in [0.1, 0.15) is 0 Å². The van der Waals surface area contributed by atoms with Crippen molar-refractivity contribution in [2.45, 2.75) is 46.5 Å². The largest absolute Gasteiger partial charge is 0.481 e. The normalized spacial score (nSPS) is 12.2. The number of hydrogen-bond acceptors (Lipinski definition) is 2. The van der Waals surface area contributed by atoms with Crippen molar-refractivity contribution < 1.29 is 14.7 Å². The Kier molecular flexibility index (Phi) is 9.06. The second-order valence-electron chi connectivity index (χ2n) is 4.70. The molecule has 0 aliphatic rings. The first-order valence-electron chi connectivity index (χ1n) is 6.75. The highest BCUT2D eigenvalue weighted by molar-refractivity contribution is 5.73. The third-order valence-corrected chi connectivity index (χ3v) is 3.23. The summed E-state index contributed by atoms with van der Waals surface area (Å²) in [6.45, 7) is 7.12. The van der Waals surface area contributed by atoms with Gasteiger partial charge in [0.05, 0.1) is 5.92 Å². The van der Waals surface area contributed by atoms with E-state index in [0.29, 0.717) is 31.8 Å². The van der Waals surface area contributed by atoms with E-state index in [1.807, 2.05) is 0 Å². The number of aliphatic carboxylic acids is 1. The zero-order valence-corrected chi connectivity index (χ0v) is 11.7. The Balaban J connectivity index is 3.56. The average molecular weight is 258 g/mol. The Bertz CT molecular complexity index is 253. The van der Waals surface area contributed by atoms with E-state index >= 15 is 0 Å². The molecule has 0 radical (unpaired) electrons. The van der Waals surface area contributed by atoms with Gasteiger partial charge in [0.25, 0.3) is 0 Å². The number of carboxylic acid groups (broad SMARTS) is 1. The van der Waals surface area contributed by atoms with E-state index in [9.17, 15) is 9.59 Å². The summed E-state index contributed by atoms with van der Waals surface area (Å²) in [5, 5.41) is 14.3. The first-order valence-corrected chi connectivity index (χ1v) is 6.75. The summed E-state index contributed by atoms with van der Waals surface area (Å²) in [7, 11) is 0. The molecule has 1 atom stereocenters. The predicted molar refractivity (Wildman–Crippen MR) is 71.5 cm³/mol. The van der Waals surface area contributed by atoms with Gasteiger partial charge in [-0.2, -0.15) is 0 Å². The third-order valence-electron chi connectivity index (χ3n) is 3.23. The second-order valence-corrected chi connectivity index (χ2v) is 4.70. The van der Waals surface area contributed by atoms with Crippen LogP contribution < -0.4 is 10.6 Å². The molecule has 0 aromatic rings. The summed E-state index contributed by atoms with van der Waals surface area (Å²) in [5.74, 6) is -0.601. The maximum atomic E-state index is 11.4. The van der Waals surface area contributed by atoms with E-state index in [4.69, 9.17) is 5.11 Å². The SMILES string of the molecule is CCC(CC)CNC(=O)NCCCC(C)C(=O)O. The summed E-state index contributed by atoms with van der Waals surface area (Å²) in [5.41, 5.74) is 0. The monoisotopic (exact) mass is 258 g/mol. The smallest absolute Gasteiger partial charge is 0.314 e. The van der Waals surface area contributed by atoms with Gasteiger partial charge in [0, 0.05) is 13.1 Å². The van der Waals surface area contributed by atoms with Crippen LogP contribution in [-0.4, -0.2) is 30.2 Å². The molecule has 18 heavy (non-hydrogen) atoms. The molecule has 0 fully saturated rings. The van der Waals surface area contributed by atoms with E-state index < -0.39 is 5.97 Å². The molecule has 0 aromatic heterocycles. The summed E-state index contributed by atoms with van der Waals surface area (Å²) < 4.78 is 0. The molecule has 0 heterocycles. The highest BCUT2D eigenvalue weighted by Gasteiger charge is 2.10. The van der Waals surface area contributed by atoms with E-state index in [2.05, 4.69) is 24.5 Å². The van der Waals surface area contributed by atoms with Gasteiger partial charge in [0.2, 0.25) is 0 Å². The molecular formula is C13H26N2O3. The minimum atomic E-state index is -0.784. The van der Waals surface area contributed by atoms with Gasteiger partial charge in [-0.05, 0) is 18.8 Å². The van der Waals surface area contributed by atoms with Crippen LogP contribution in [0.2, 0.25) is 0 Å². The second kappa shape index (κ2) is 9.74. The molecule has 1 unspecified atom stereocenters. The van der Waals surface area contributed by atoms with Gasteiger partial charge in [-0.3, -0.25) is 4.79 Å². The van der Waals surface area contributed by atoms with Gasteiger partial charge in [-0.1, -0.05) is 33.6 Å². The molecular weight excluding hydrogens is 232 g/mol. The molecule has 0 aromatic carbocycles. The van der Waals surface area contributed by atoms with Gasteiger partial charge in [-0.25, -0.2) is 4.79 Å². The molecule has 3 N–H and O–H groups in total. The summed E-state index contributed by atoms with van der Waals surface area (Å²) >= 11 is 0. The van der Waals surface area contributed by atoms with Crippen molar-refractivity contribution in [3.05, 3.63) is 0 Å². The van der Waals surface area contributed by atoms with Gasteiger partial charge >= 0.3 is 12.0 Å². The summed E-state index contributed by atoms with van der Waals surface area (Å²) in [4.78, 5) is 22.0. The minimum absolute atomic E-state index is 0.162. The maximum Gasteiger partial charge on any atom is 0.314 e. The van der Waals surface area contributed by atoms with Crippen LogP contribution in [0.1, 0.15) is 46.5 Å². The van der Waals surface area contributed by atoms with Crippen molar-refractivity contribution >= 4 is 12.0 Å². The van der Waals surface area contributed by atoms with Gasteiger partial charge in [0.15, 0.2) is 0 Å².